The fourth-order valence-corrected chi connectivity index (χ4v) is 5.98. The molecule has 0 bridgehead atoms. The monoisotopic (exact) mass is 446 g/mol. The maximum Gasteiger partial charge on any atom is 0.259 e. The third kappa shape index (κ3) is 4.16. The number of hydrogen-bond acceptors (Lipinski definition) is 4. The molecule has 5 nitrogen and oxygen atoms in total. The number of hydrogen-bond donors (Lipinski definition) is 1. The van der Waals surface area contributed by atoms with Crippen molar-refractivity contribution in [2.24, 2.45) is 0 Å². The summed E-state index contributed by atoms with van der Waals surface area (Å²) in [6, 6.07) is 21.2. The molecule has 2 aliphatic heterocycles. The Morgan fingerprint density at radius 1 is 1.03 bits per heavy atom. The van der Waals surface area contributed by atoms with E-state index in [1.165, 1.54) is 10.5 Å². The number of nitrogens with one attached hydrogen (secondary N) is 1. The molecular weight excluding hydrogens is 416 g/mol. The first-order chi connectivity index (χ1) is 15.5. The lowest BCUT2D eigenvalue weighted by molar-refractivity contribution is 0.0728. The van der Waals surface area contributed by atoms with Gasteiger partial charge in [-0.2, -0.15) is 5.10 Å². The van der Waals surface area contributed by atoms with E-state index in [4.69, 9.17) is 0 Å². The zero-order valence-corrected chi connectivity index (χ0v) is 19.5. The fraction of sp³-hybridized carbons (Fsp3) is 0.385. The molecule has 6 heteroatoms. The van der Waals surface area contributed by atoms with Crippen LogP contribution in [-0.4, -0.2) is 38.9 Å². The summed E-state index contributed by atoms with van der Waals surface area (Å²) in [7, 11) is 0. The van der Waals surface area contributed by atoms with E-state index in [1.54, 1.807) is 6.20 Å². The normalized spacial score (nSPS) is 20.4. The molecule has 0 spiro atoms. The summed E-state index contributed by atoms with van der Waals surface area (Å²) in [5, 5.41) is 8.81. The number of amides is 1. The number of benzene rings is 2. The van der Waals surface area contributed by atoms with E-state index in [9.17, 15) is 4.79 Å². The number of rotatable bonds is 4. The number of anilines is 1. The van der Waals surface area contributed by atoms with Crippen molar-refractivity contribution in [2.45, 2.75) is 54.8 Å². The second-order valence-corrected chi connectivity index (χ2v) is 10.7. The number of likely N-dealkylation sites (tertiary alicyclic amines) is 1. The number of piperidine rings is 1. The number of carbonyl (C=O) groups excluding carboxylic acids is 1. The number of nitrogens with zero attached hydrogens (tertiary/aromatic N) is 3. The van der Waals surface area contributed by atoms with Crippen LogP contribution in [0.1, 0.15) is 55.1 Å². The Morgan fingerprint density at radius 2 is 1.69 bits per heavy atom. The maximum atomic E-state index is 13.5. The van der Waals surface area contributed by atoms with Gasteiger partial charge >= 0.3 is 0 Å². The summed E-state index contributed by atoms with van der Waals surface area (Å²) in [6.07, 6.45) is 4.70. The van der Waals surface area contributed by atoms with E-state index in [2.05, 4.69) is 78.9 Å². The minimum absolute atomic E-state index is 0.0893. The topological polar surface area (TPSA) is 50.2 Å². The summed E-state index contributed by atoms with van der Waals surface area (Å²) < 4.78 is 2.00. The molecule has 3 heterocycles. The van der Waals surface area contributed by atoms with Crippen LogP contribution in [-0.2, 0) is 5.54 Å². The van der Waals surface area contributed by atoms with Gasteiger partial charge in [-0.1, -0.05) is 48.5 Å². The Kier molecular flexibility index (Phi) is 5.72. The van der Waals surface area contributed by atoms with Gasteiger partial charge < -0.3 is 10.2 Å². The highest BCUT2D eigenvalue weighted by atomic mass is 32.2. The van der Waals surface area contributed by atoms with Crippen molar-refractivity contribution >= 4 is 23.5 Å². The highest BCUT2D eigenvalue weighted by molar-refractivity contribution is 8.00. The molecule has 3 aromatic rings. The molecule has 1 aromatic heterocycles. The van der Waals surface area contributed by atoms with Crippen LogP contribution >= 0.6 is 11.8 Å². The molecule has 1 unspecified atom stereocenters. The zero-order valence-electron chi connectivity index (χ0n) is 18.7. The van der Waals surface area contributed by atoms with Crippen molar-refractivity contribution < 1.29 is 4.79 Å². The van der Waals surface area contributed by atoms with Gasteiger partial charge in [-0.3, -0.25) is 4.79 Å². The fourth-order valence-electron chi connectivity index (χ4n) is 4.83. The Hall–Kier alpha value is -2.73. The first kappa shape index (κ1) is 21.1. The van der Waals surface area contributed by atoms with Crippen LogP contribution < -0.4 is 5.32 Å². The standard InChI is InChI=1S/C26H30N4OS/c1-26(2)17-23(19-9-5-3-6-10-19)28-24-22(18-27-30(24)26)25(31)29-15-13-21(14-16-29)32-20-11-7-4-8-12-20/h3-12,18,21,23,28H,13-17H2,1-2H3. The molecular formula is C26H30N4OS. The summed E-state index contributed by atoms with van der Waals surface area (Å²) >= 11 is 1.93. The molecule has 1 saturated heterocycles. The first-order valence-corrected chi connectivity index (χ1v) is 12.3. The van der Waals surface area contributed by atoms with Gasteiger partial charge in [-0.25, -0.2) is 4.68 Å². The van der Waals surface area contributed by atoms with Crippen molar-refractivity contribution in [3.05, 3.63) is 78.0 Å². The largest absolute Gasteiger partial charge is 0.363 e. The molecule has 1 N–H and O–H groups in total. The van der Waals surface area contributed by atoms with Gasteiger partial charge in [0.15, 0.2) is 0 Å². The molecule has 2 aliphatic rings. The summed E-state index contributed by atoms with van der Waals surface area (Å²) in [6.45, 7) is 5.97. The summed E-state index contributed by atoms with van der Waals surface area (Å²) in [5.74, 6) is 0.937. The minimum atomic E-state index is -0.168. The predicted molar refractivity (Wildman–Crippen MR) is 130 cm³/mol. The molecule has 1 amide bonds. The van der Waals surface area contributed by atoms with Gasteiger partial charge in [0.2, 0.25) is 0 Å². The van der Waals surface area contributed by atoms with Gasteiger partial charge in [0.25, 0.3) is 5.91 Å². The predicted octanol–water partition coefficient (Wildman–Crippen LogP) is 5.57. The van der Waals surface area contributed by atoms with Crippen LogP contribution in [0.25, 0.3) is 0 Å². The zero-order chi connectivity index (χ0) is 22.1. The van der Waals surface area contributed by atoms with Crippen LogP contribution in [0.2, 0.25) is 0 Å². The van der Waals surface area contributed by atoms with E-state index >= 15 is 0 Å². The number of carbonyl (C=O) groups is 1. The van der Waals surface area contributed by atoms with Gasteiger partial charge in [-0.05, 0) is 50.8 Å². The molecule has 166 valence electrons. The SMILES string of the molecule is CC1(C)CC(c2ccccc2)Nc2c(C(=O)N3CCC(Sc4ccccc4)CC3)cnn21. The Bertz CT molecular complexity index is 1070. The van der Waals surface area contributed by atoms with Gasteiger partial charge in [0.05, 0.1) is 17.8 Å². The van der Waals surface area contributed by atoms with Crippen LogP contribution in [0, 0.1) is 0 Å². The van der Waals surface area contributed by atoms with E-state index in [-0.39, 0.29) is 17.5 Å². The minimum Gasteiger partial charge on any atom is -0.363 e. The lowest BCUT2D eigenvalue weighted by Crippen LogP contribution is -2.41. The number of aromatic nitrogens is 2. The summed E-state index contributed by atoms with van der Waals surface area (Å²) in [4.78, 5) is 16.8. The van der Waals surface area contributed by atoms with Crippen LogP contribution in [0.4, 0.5) is 5.82 Å². The quantitative estimate of drug-likeness (QED) is 0.569. The lowest BCUT2D eigenvalue weighted by atomic mass is 9.89. The number of thioether (sulfide) groups is 1. The average molecular weight is 447 g/mol. The molecule has 0 radical (unpaired) electrons. The molecule has 1 fully saturated rings. The number of fused-ring (bicyclic) bond motifs is 1. The van der Waals surface area contributed by atoms with Crippen LogP contribution in [0.5, 0.6) is 0 Å². The van der Waals surface area contributed by atoms with Crippen LogP contribution in [0.15, 0.2) is 71.8 Å². The third-order valence-electron chi connectivity index (χ3n) is 6.56. The van der Waals surface area contributed by atoms with E-state index in [1.807, 2.05) is 27.4 Å². The lowest BCUT2D eigenvalue weighted by Gasteiger charge is -2.39. The first-order valence-electron chi connectivity index (χ1n) is 11.4. The van der Waals surface area contributed by atoms with Gasteiger partial charge in [0.1, 0.15) is 11.4 Å². The van der Waals surface area contributed by atoms with Crippen molar-refractivity contribution in [1.29, 1.82) is 0 Å². The highest BCUT2D eigenvalue weighted by Gasteiger charge is 2.37. The summed E-state index contributed by atoms with van der Waals surface area (Å²) in [5.41, 5.74) is 1.76. The van der Waals surface area contributed by atoms with E-state index in [0.29, 0.717) is 10.8 Å². The van der Waals surface area contributed by atoms with Gasteiger partial charge in [-0.15, -0.1) is 11.8 Å². The second-order valence-electron chi connectivity index (χ2n) is 9.37. The highest BCUT2D eigenvalue weighted by Crippen LogP contribution is 2.40. The Morgan fingerprint density at radius 3 is 2.38 bits per heavy atom. The van der Waals surface area contributed by atoms with Crippen molar-refractivity contribution in [3.63, 3.8) is 0 Å². The third-order valence-corrected chi connectivity index (χ3v) is 7.91. The van der Waals surface area contributed by atoms with E-state index < -0.39 is 0 Å². The Balaban J connectivity index is 1.30. The molecule has 0 saturated carbocycles. The average Bonchev–Trinajstić information content (AvgIpc) is 3.25. The molecule has 2 aromatic carbocycles. The van der Waals surface area contributed by atoms with Crippen molar-refractivity contribution in [1.82, 2.24) is 14.7 Å². The van der Waals surface area contributed by atoms with Crippen molar-refractivity contribution in [2.75, 3.05) is 18.4 Å². The van der Waals surface area contributed by atoms with E-state index in [0.717, 1.165) is 38.2 Å². The Labute approximate surface area is 194 Å². The molecule has 5 rings (SSSR count). The molecule has 1 atom stereocenters. The maximum absolute atomic E-state index is 13.5. The van der Waals surface area contributed by atoms with Crippen molar-refractivity contribution in [3.8, 4) is 0 Å². The van der Waals surface area contributed by atoms with Crippen LogP contribution in [0.3, 0.4) is 0 Å². The second kappa shape index (κ2) is 8.66. The smallest absolute Gasteiger partial charge is 0.259 e. The van der Waals surface area contributed by atoms with Gasteiger partial charge in [0, 0.05) is 23.2 Å². The molecule has 0 aliphatic carbocycles. The molecule has 32 heavy (non-hydrogen) atoms.